The molecule has 0 spiro atoms. The van der Waals surface area contributed by atoms with Gasteiger partial charge < -0.3 is 10.1 Å². The molecule has 2 aromatic carbocycles. The average Bonchev–Trinajstić information content (AvgIpc) is 3.07. The van der Waals surface area contributed by atoms with Crippen LogP contribution in [-0.2, 0) is 6.61 Å². The molecule has 4 heteroatoms. The number of hydrogen-bond acceptors (Lipinski definition) is 3. The van der Waals surface area contributed by atoms with Gasteiger partial charge >= 0.3 is 0 Å². The van der Waals surface area contributed by atoms with Crippen molar-refractivity contribution >= 4 is 22.9 Å². The van der Waals surface area contributed by atoms with E-state index < -0.39 is 0 Å². The maximum atomic E-state index is 12.4. The molecule has 0 atom stereocenters. The van der Waals surface area contributed by atoms with Gasteiger partial charge in [-0.2, -0.15) is 0 Å². The van der Waals surface area contributed by atoms with E-state index in [1.165, 1.54) is 22.5 Å². The first-order valence-electron chi connectivity index (χ1n) is 8.17. The van der Waals surface area contributed by atoms with Gasteiger partial charge in [0.1, 0.15) is 12.4 Å². The number of ether oxygens (including phenoxy) is 1. The summed E-state index contributed by atoms with van der Waals surface area (Å²) < 4.78 is 5.76. The third-order valence-electron chi connectivity index (χ3n) is 4.07. The average molecular weight is 351 g/mol. The molecular formula is C21H21NO2S. The first-order valence-corrected chi connectivity index (χ1v) is 9.05. The number of aryl methyl sites for hydroxylation is 3. The number of anilines is 1. The van der Waals surface area contributed by atoms with Gasteiger partial charge in [-0.15, -0.1) is 11.3 Å². The topological polar surface area (TPSA) is 38.3 Å². The highest BCUT2D eigenvalue weighted by Gasteiger charge is 2.10. The summed E-state index contributed by atoms with van der Waals surface area (Å²) in [6, 6.07) is 15.8. The second-order valence-electron chi connectivity index (χ2n) is 6.17. The third kappa shape index (κ3) is 4.48. The first-order chi connectivity index (χ1) is 12.0. The molecule has 0 unspecified atom stereocenters. The lowest BCUT2D eigenvalue weighted by Crippen LogP contribution is -2.10. The van der Waals surface area contributed by atoms with Crippen LogP contribution in [0.4, 0.5) is 5.69 Å². The van der Waals surface area contributed by atoms with Crippen LogP contribution in [0.1, 0.15) is 31.9 Å². The van der Waals surface area contributed by atoms with Crippen molar-refractivity contribution in [1.29, 1.82) is 0 Å². The molecule has 0 aliphatic heterocycles. The Kier molecular flexibility index (Phi) is 5.19. The van der Waals surface area contributed by atoms with Gasteiger partial charge in [-0.3, -0.25) is 4.79 Å². The second-order valence-corrected chi connectivity index (χ2v) is 7.09. The first kappa shape index (κ1) is 17.2. The summed E-state index contributed by atoms with van der Waals surface area (Å²) in [6.45, 7) is 6.59. The van der Waals surface area contributed by atoms with Crippen molar-refractivity contribution in [3.63, 3.8) is 0 Å². The van der Waals surface area contributed by atoms with Crippen molar-refractivity contribution in [1.82, 2.24) is 0 Å². The number of amides is 1. The lowest BCUT2D eigenvalue weighted by molar-refractivity contribution is 0.103. The molecule has 0 bridgehead atoms. The summed E-state index contributed by atoms with van der Waals surface area (Å²) in [7, 11) is 0. The quantitative estimate of drug-likeness (QED) is 0.659. The summed E-state index contributed by atoms with van der Waals surface area (Å²) in [4.78, 5) is 13.1. The van der Waals surface area contributed by atoms with Crippen molar-refractivity contribution in [3.05, 3.63) is 81.0 Å². The highest BCUT2D eigenvalue weighted by Crippen LogP contribution is 2.20. The fourth-order valence-electron chi connectivity index (χ4n) is 2.38. The SMILES string of the molecule is Cc1ccc(OCc2csc(C(=O)Nc3ccc(C)c(C)c3)c2)cc1. The van der Waals surface area contributed by atoms with Gasteiger partial charge in [-0.1, -0.05) is 23.8 Å². The van der Waals surface area contributed by atoms with Crippen LogP contribution in [0.2, 0.25) is 0 Å². The van der Waals surface area contributed by atoms with Crippen molar-refractivity contribution in [2.75, 3.05) is 5.32 Å². The minimum absolute atomic E-state index is 0.0881. The molecule has 128 valence electrons. The number of benzene rings is 2. The van der Waals surface area contributed by atoms with Gasteiger partial charge in [0.25, 0.3) is 5.91 Å². The normalized spacial score (nSPS) is 10.5. The molecule has 0 aliphatic rings. The molecule has 1 heterocycles. The standard InChI is InChI=1S/C21H21NO2S/c1-14-4-8-19(9-5-14)24-12-17-11-20(25-13-17)21(23)22-18-7-6-15(2)16(3)10-18/h4-11,13H,12H2,1-3H3,(H,22,23). The zero-order valence-corrected chi connectivity index (χ0v) is 15.4. The summed E-state index contributed by atoms with van der Waals surface area (Å²) in [5.74, 6) is 0.743. The van der Waals surface area contributed by atoms with E-state index in [2.05, 4.69) is 12.2 Å². The van der Waals surface area contributed by atoms with E-state index in [9.17, 15) is 4.79 Å². The number of thiophene rings is 1. The van der Waals surface area contributed by atoms with E-state index in [4.69, 9.17) is 4.74 Å². The third-order valence-corrected chi connectivity index (χ3v) is 5.05. The molecule has 0 fully saturated rings. The Morgan fingerprint density at radius 1 is 1.00 bits per heavy atom. The number of carbonyl (C=O) groups excluding carboxylic acids is 1. The molecule has 0 saturated carbocycles. The van der Waals surface area contributed by atoms with E-state index >= 15 is 0 Å². The predicted molar refractivity (Wildman–Crippen MR) is 104 cm³/mol. The lowest BCUT2D eigenvalue weighted by Gasteiger charge is -2.06. The molecule has 0 radical (unpaired) electrons. The van der Waals surface area contributed by atoms with Gasteiger partial charge in [0.2, 0.25) is 0 Å². The molecule has 3 nitrogen and oxygen atoms in total. The Bertz CT molecular complexity index is 881. The van der Waals surface area contributed by atoms with Crippen LogP contribution in [0, 0.1) is 20.8 Å². The number of hydrogen-bond donors (Lipinski definition) is 1. The Morgan fingerprint density at radius 3 is 2.48 bits per heavy atom. The largest absolute Gasteiger partial charge is 0.489 e. The smallest absolute Gasteiger partial charge is 0.265 e. The van der Waals surface area contributed by atoms with Crippen molar-refractivity contribution < 1.29 is 9.53 Å². The summed E-state index contributed by atoms with van der Waals surface area (Å²) in [6.07, 6.45) is 0. The fourth-order valence-corrected chi connectivity index (χ4v) is 3.18. The number of nitrogens with one attached hydrogen (secondary N) is 1. The molecular weight excluding hydrogens is 330 g/mol. The lowest BCUT2D eigenvalue weighted by atomic mass is 10.1. The highest BCUT2D eigenvalue weighted by molar-refractivity contribution is 7.12. The van der Waals surface area contributed by atoms with Crippen LogP contribution in [0.5, 0.6) is 5.75 Å². The van der Waals surface area contributed by atoms with E-state index in [1.807, 2.05) is 67.8 Å². The van der Waals surface area contributed by atoms with Crippen LogP contribution < -0.4 is 10.1 Å². The van der Waals surface area contributed by atoms with E-state index in [1.54, 1.807) is 0 Å². The van der Waals surface area contributed by atoms with E-state index in [0.29, 0.717) is 11.5 Å². The molecule has 0 saturated heterocycles. The monoisotopic (exact) mass is 351 g/mol. The van der Waals surface area contributed by atoms with Gasteiger partial charge in [0.05, 0.1) is 4.88 Å². The molecule has 25 heavy (non-hydrogen) atoms. The maximum Gasteiger partial charge on any atom is 0.265 e. The van der Waals surface area contributed by atoms with Crippen molar-refractivity contribution in [2.24, 2.45) is 0 Å². The molecule has 1 N–H and O–H groups in total. The minimum Gasteiger partial charge on any atom is -0.489 e. The van der Waals surface area contributed by atoms with Crippen LogP contribution in [0.15, 0.2) is 53.9 Å². The molecule has 3 rings (SSSR count). The Labute approximate surface area is 152 Å². The fraction of sp³-hybridized carbons (Fsp3) is 0.190. The van der Waals surface area contributed by atoms with Gasteiger partial charge in [-0.25, -0.2) is 0 Å². The zero-order valence-electron chi connectivity index (χ0n) is 14.6. The van der Waals surface area contributed by atoms with E-state index in [-0.39, 0.29) is 5.91 Å². The van der Waals surface area contributed by atoms with Crippen molar-refractivity contribution in [3.8, 4) is 5.75 Å². The molecule has 1 amide bonds. The maximum absolute atomic E-state index is 12.4. The van der Waals surface area contributed by atoms with Crippen molar-refractivity contribution in [2.45, 2.75) is 27.4 Å². The van der Waals surface area contributed by atoms with Crippen LogP contribution in [-0.4, -0.2) is 5.91 Å². The summed E-state index contributed by atoms with van der Waals surface area (Å²) in [5, 5.41) is 4.91. The Balaban J connectivity index is 1.61. The summed E-state index contributed by atoms with van der Waals surface area (Å²) in [5.41, 5.74) is 5.39. The molecule has 0 aliphatic carbocycles. The minimum atomic E-state index is -0.0881. The predicted octanol–water partition coefficient (Wildman–Crippen LogP) is 5.50. The van der Waals surface area contributed by atoms with Crippen LogP contribution in [0.25, 0.3) is 0 Å². The van der Waals surface area contributed by atoms with Gasteiger partial charge in [-0.05, 0) is 67.6 Å². The van der Waals surface area contributed by atoms with E-state index in [0.717, 1.165) is 22.6 Å². The zero-order chi connectivity index (χ0) is 17.8. The highest BCUT2D eigenvalue weighted by atomic mass is 32.1. The number of carbonyl (C=O) groups is 1. The van der Waals surface area contributed by atoms with Crippen LogP contribution >= 0.6 is 11.3 Å². The van der Waals surface area contributed by atoms with Gasteiger partial charge in [0, 0.05) is 11.3 Å². The van der Waals surface area contributed by atoms with Crippen LogP contribution in [0.3, 0.4) is 0 Å². The molecule has 1 aromatic heterocycles. The number of rotatable bonds is 5. The summed E-state index contributed by atoms with van der Waals surface area (Å²) >= 11 is 1.43. The second kappa shape index (κ2) is 7.53. The van der Waals surface area contributed by atoms with Gasteiger partial charge in [0.15, 0.2) is 0 Å². The Morgan fingerprint density at radius 2 is 1.76 bits per heavy atom. The molecule has 3 aromatic rings. The Hall–Kier alpha value is -2.59.